The van der Waals surface area contributed by atoms with E-state index in [0.29, 0.717) is 5.69 Å². The topological polar surface area (TPSA) is 97.7 Å². The van der Waals surface area contributed by atoms with E-state index in [4.69, 9.17) is 16.0 Å². The number of nitrogens with zero attached hydrogens (tertiary/aromatic N) is 5. The Morgan fingerprint density at radius 3 is 2.80 bits per heavy atom. The number of furan rings is 1. The summed E-state index contributed by atoms with van der Waals surface area (Å²) in [5.74, 6) is -0.00404. The van der Waals surface area contributed by atoms with Gasteiger partial charge in [-0.1, -0.05) is 11.6 Å². The number of aromatic nitrogens is 2. The van der Waals surface area contributed by atoms with E-state index in [1.54, 1.807) is 19.0 Å². The van der Waals surface area contributed by atoms with Crippen LogP contribution in [0.15, 0.2) is 27.6 Å². The van der Waals surface area contributed by atoms with E-state index in [1.807, 2.05) is 0 Å². The fraction of sp³-hybridized carbons (Fsp3) is 0.182. The third-order valence-corrected chi connectivity index (χ3v) is 2.31. The number of hydrogen-bond acceptors (Lipinski definition) is 6. The van der Waals surface area contributed by atoms with E-state index >= 15 is 0 Å². The van der Waals surface area contributed by atoms with Crippen molar-refractivity contribution >= 4 is 29.8 Å². The van der Waals surface area contributed by atoms with Crippen LogP contribution in [0.5, 0.6) is 0 Å². The highest BCUT2D eigenvalue weighted by Gasteiger charge is 2.15. The lowest BCUT2D eigenvalue weighted by Crippen LogP contribution is -2.07. The molecule has 0 radical (unpaired) electrons. The molecule has 20 heavy (non-hydrogen) atoms. The van der Waals surface area contributed by atoms with E-state index in [9.17, 15) is 10.1 Å². The van der Waals surface area contributed by atoms with Gasteiger partial charge in [0.2, 0.25) is 0 Å². The molecular weight excluding hydrogens is 286 g/mol. The minimum atomic E-state index is -0.628. The maximum absolute atomic E-state index is 10.6. The number of nitro groups is 1. The van der Waals surface area contributed by atoms with Crippen molar-refractivity contribution in [1.29, 1.82) is 0 Å². The molecule has 0 fully saturated rings. The van der Waals surface area contributed by atoms with Crippen LogP contribution in [0.25, 0.3) is 11.5 Å². The second-order valence-electron chi connectivity index (χ2n) is 3.98. The Morgan fingerprint density at radius 1 is 1.45 bits per heavy atom. The fourth-order valence-corrected chi connectivity index (χ4v) is 1.50. The van der Waals surface area contributed by atoms with Gasteiger partial charge in [-0.25, -0.2) is 9.98 Å². The van der Waals surface area contributed by atoms with Crippen LogP contribution in [0.1, 0.15) is 0 Å². The zero-order chi connectivity index (χ0) is 14.7. The zero-order valence-electron chi connectivity index (χ0n) is 10.6. The average molecular weight is 296 g/mol. The standard InChI is InChI=1S/C11H10ClN5O3/c1-16(2)6-13-11-14-7(5-9(12)15-11)8-3-4-10(20-8)17(18)19/h3-6H,1-2H3/b13-6+. The largest absolute Gasteiger partial charge is 0.433 e. The van der Waals surface area contributed by atoms with E-state index < -0.39 is 4.92 Å². The van der Waals surface area contributed by atoms with Gasteiger partial charge in [0.05, 0.1) is 12.4 Å². The van der Waals surface area contributed by atoms with Crippen molar-refractivity contribution in [2.24, 2.45) is 4.99 Å². The molecular formula is C11H10ClN5O3. The molecule has 0 aromatic carbocycles. The Morgan fingerprint density at radius 2 is 2.20 bits per heavy atom. The highest BCUT2D eigenvalue weighted by atomic mass is 35.5. The van der Waals surface area contributed by atoms with Crippen LogP contribution in [0.2, 0.25) is 5.15 Å². The highest BCUT2D eigenvalue weighted by molar-refractivity contribution is 6.29. The molecule has 0 atom stereocenters. The van der Waals surface area contributed by atoms with Crippen LogP contribution in [-0.2, 0) is 0 Å². The van der Waals surface area contributed by atoms with Gasteiger partial charge < -0.3 is 9.32 Å². The Bertz CT molecular complexity index is 668. The summed E-state index contributed by atoms with van der Waals surface area (Å²) < 4.78 is 5.06. The Labute approximate surface area is 118 Å². The molecule has 2 aromatic heterocycles. The molecule has 0 aliphatic heterocycles. The van der Waals surface area contributed by atoms with Gasteiger partial charge in [-0.2, -0.15) is 4.98 Å². The van der Waals surface area contributed by atoms with Gasteiger partial charge in [0.1, 0.15) is 15.8 Å². The zero-order valence-corrected chi connectivity index (χ0v) is 11.4. The Hall–Kier alpha value is -2.48. The molecule has 2 rings (SSSR count). The Kier molecular flexibility index (Phi) is 3.94. The maximum atomic E-state index is 10.6. The van der Waals surface area contributed by atoms with Crippen molar-refractivity contribution in [3.05, 3.63) is 33.5 Å². The molecule has 0 saturated heterocycles. The van der Waals surface area contributed by atoms with Crippen LogP contribution in [0, 0.1) is 10.1 Å². The third kappa shape index (κ3) is 3.29. The summed E-state index contributed by atoms with van der Waals surface area (Å²) in [4.78, 5) is 23.7. The summed E-state index contributed by atoms with van der Waals surface area (Å²) in [6, 6.07) is 4.13. The number of rotatable bonds is 4. The number of halogens is 1. The van der Waals surface area contributed by atoms with Crippen molar-refractivity contribution in [3.63, 3.8) is 0 Å². The van der Waals surface area contributed by atoms with Gasteiger partial charge in [-0.05, 0) is 6.07 Å². The fourth-order valence-electron chi connectivity index (χ4n) is 1.32. The second kappa shape index (κ2) is 5.66. The molecule has 104 valence electrons. The highest BCUT2D eigenvalue weighted by Crippen LogP contribution is 2.27. The first-order chi connectivity index (χ1) is 9.45. The monoisotopic (exact) mass is 295 g/mol. The van der Waals surface area contributed by atoms with Gasteiger partial charge in [-0.3, -0.25) is 10.1 Å². The minimum absolute atomic E-state index is 0.139. The molecule has 0 aliphatic carbocycles. The predicted molar refractivity (Wildman–Crippen MR) is 73.2 cm³/mol. The predicted octanol–water partition coefficient (Wildman–Crippen LogP) is 2.52. The maximum Gasteiger partial charge on any atom is 0.433 e. The summed E-state index contributed by atoms with van der Waals surface area (Å²) in [6.45, 7) is 0. The number of aliphatic imine (C=N–C) groups is 1. The van der Waals surface area contributed by atoms with E-state index in [2.05, 4.69) is 15.0 Å². The number of hydrogen-bond donors (Lipinski definition) is 0. The first-order valence-corrected chi connectivity index (χ1v) is 5.83. The van der Waals surface area contributed by atoms with Gasteiger partial charge in [0.15, 0.2) is 5.76 Å². The van der Waals surface area contributed by atoms with Crippen molar-refractivity contribution in [2.75, 3.05) is 14.1 Å². The lowest BCUT2D eigenvalue weighted by atomic mass is 10.3. The van der Waals surface area contributed by atoms with Crippen molar-refractivity contribution in [3.8, 4) is 11.5 Å². The van der Waals surface area contributed by atoms with E-state index in [1.165, 1.54) is 24.5 Å². The van der Waals surface area contributed by atoms with Crippen LogP contribution in [0.4, 0.5) is 11.8 Å². The first-order valence-electron chi connectivity index (χ1n) is 5.45. The van der Waals surface area contributed by atoms with Crippen molar-refractivity contribution in [2.45, 2.75) is 0 Å². The summed E-state index contributed by atoms with van der Waals surface area (Å²) in [5, 5.41) is 10.7. The van der Waals surface area contributed by atoms with Crippen LogP contribution >= 0.6 is 11.6 Å². The lowest BCUT2D eigenvalue weighted by Gasteiger charge is -2.02. The second-order valence-corrected chi connectivity index (χ2v) is 4.37. The summed E-state index contributed by atoms with van der Waals surface area (Å²) in [6.07, 6.45) is 1.51. The van der Waals surface area contributed by atoms with E-state index in [0.717, 1.165) is 0 Å². The van der Waals surface area contributed by atoms with Gasteiger partial charge in [-0.15, -0.1) is 0 Å². The molecule has 2 aromatic rings. The molecule has 2 heterocycles. The summed E-state index contributed by atoms with van der Waals surface area (Å²) >= 11 is 5.87. The Balaban J connectivity index is 2.38. The lowest BCUT2D eigenvalue weighted by molar-refractivity contribution is -0.401. The third-order valence-electron chi connectivity index (χ3n) is 2.11. The van der Waals surface area contributed by atoms with Gasteiger partial charge in [0, 0.05) is 20.2 Å². The molecule has 8 nitrogen and oxygen atoms in total. The van der Waals surface area contributed by atoms with Crippen molar-refractivity contribution in [1.82, 2.24) is 14.9 Å². The summed E-state index contributed by atoms with van der Waals surface area (Å²) in [5.41, 5.74) is 0.323. The smallest absolute Gasteiger partial charge is 0.399 e. The molecule has 0 spiro atoms. The molecule has 0 N–H and O–H groups in total. The first kappa shape index (κ1) is 13.9. The van der Waals surface area contributed by atoms with E-state index in [-0.39, 0.29) is 22.7 Å². The molecule has 0 aliphatic rings. The van der Waals surface area contributed by atoms with Crippen LogP contribution in [0.3, 0.4) is 0 Å². The van der Waals surface area contributed by atoms with Crippen LogP contribution in [-0.4, -0.2) is 40.2 Å². The van der Waals surface area contributed by atoms with Gasteiger partial charge >= 0.3 is 5.88 Å². The quantitative estimate of drug-likeness (QED) is 0.282. The molecule has 0 saturated carbocycles. The average Bonchev–Trinajstić information content (AvgIpc) is 2.85. The molecule has 0 bridgehead atoms. The molecule has 0 amide bonds. The van der Waals surface area contributed by atoms with Crippen LogP contribution < -0.4 is 0 Å². The molecule has 9 heteroatoms. The summed E-state index contributed by atoms with van der Waals surface area (Å²) in [7, 11) is 3.59. The minimum Gasteiger partial charge on any atom is -0.399 e. The van der Waals surface area contributed by atoms with Gasteiger partial charge in [0.25, 0.3) is 5.95 Å². The molecule has 0 unspecified atom stereocenters. The SMILES string of the molecule is CN(C)/C=N/c1nc(Cl)cc(-c2ccc([N+](=O)[O-])o2)n1. The normalized spacial score (nSPS) is 10.9. The van der Waals surface area contributed by atoms with Crippen molar-refractivity contribution < 1.29 is 9.34 Å².